The molecule has 4 heteroatoms. The van der Waals surface area contributed by atoms with Crippen molar-refractivity contribution in [2.75, 3.05) is 26.2 Å². The first-order valence-corrected chi connectivity index (χ1v) is 8.63. The van der Waals surface area contributed by atoms with E-state index in [0.29, 0.717) is 11.8 Å². The van der Waals surface area contributed by atoms with E-state index < -0.39 is 0 Å². The van der Waals surface area contributed by atoms with Crippen LogP contribution < -0.4 is 0 Å². The Labute approximate surface area is 133 Å². The predicted octanol–water partition coefficient (Wildman–Crippen LogP) is 2.55. The van der Waals surface area contributed by atoms with E-state index in [9.17, 15) is 4.79 Å². The summed E-state index contributed by atoms with van der Waals surface area (Å²) >= 11 is 0. The molecule has 2 fully saturated rings. The monoisotopic (exact) mass is 301 g/mol. The Morgan fingerprint density at radius 1 is 1.23 bits per heavy atom. The lowest BCUT2D eigenvalue weighted by molar-refractivity contribution is -0.138. The Morgan fingerprint density at radius 2 is 2.05 bits per heavy atom. The Morgan fingerprint density at radius 3 is 2.73 bits per heavy atom. The number of rotatable bonds is 3. The molecular formula is C18H27N3O. The molecule has 3 heterocycles. The van der Waals surface area contributed by atoms with Gasteiger partial charge in [0.05, 0.1) is 5.69 Å². The predicted molar refractivity (Wildman–Crippen MR) is 87.2 cm³/mol. The summed E-state index contributed by atoms with van der Waals surface area (Å²) in [7, 11) is 0. The molecule has 22 heavy (non-hydrogen) atoms. The zero-order chi connectivity index (χ0) is 15.4. The van der Waals surface area contributed by atoms with Gasteiger partial charge < -0.3 is 4.90 Å². The molecule has 1 aromatic heterocycles. The molecule has 2 aliphatic heterocycles. The highest BCUT2D eigenvalue weighted by molar-refractivity contribution is 5.79. The topological polar surface area (TPSA) is 36.4 Å². The highest BCUT2D eigenvalue weighted by atomic mass is 16.2. The van der Waals surface area contributed by atoms with Crippen LogP contribution in [0.25, 0.3) is 0 Å². The number of carbonyl (C=O) groups is 1. The van der Waals surface area contributed by atoms with E-state index in [1.165, 1.54) is 12.8 Å². The van der Waals surface area contributed by atoms with Crippen LogP contribution in [-0.2, 0) is 11.3 Å². The van der Waals surface area contributed by atoms with Crippen LogP contribution in [0, 0.1) is 11.8 Å². The van der Waals surface area contributed by atoms with Gasteiger partial charge in [-0.3, -0.25) is 14.7 Å². The molecule has 1 amide bonds. The number of amides is 1. The SMILES string of the molecule is C[C@H]1CCCN(C(=O)C2CCN(Cc3ccccn3)CC2)C1. The van der Waals surface area contributed by atoms with Crippen LogP contribution in [0.15, 0.2) is 24.4 Å². The van der Waals surface area contributed by atoms with Crippen molar-refractivity contribution >= 4 is 5.91 Å². The van der Waals surface area contributed by atoms with E-state index in [4.69, 9.17) is 0 Å². The molecule has 0 spiro atoms. The lowest BCUT2D eigenvalue weighted by atomic mass is 9.92. The molecule has 0 N–H and O–H groups in total. The minimum Gasteiger partial charge on any atom is -0.342 e. The minimum atomic E-state index is 0.241. The molecular weight excluding hydrogens is 274 g/mol. The van der Waals surface area contributed by atoms with Gasteiger partial charge in [-0.1, -0.05) is 13.0 Å². The van der Waals surface area contributed by atoms with Crippen LogP contribution >= 0.6 is 0 Å². The zero-order valence-electron chi connectivity index (χ0n) is 13.6. The maximum atomic E-state index is 12.7. The number of piperidine rings is 2. The average Bonchev–Trinajstić information content (AvgIpc) is 2.56. The van der Waals surface area contributed by atoms with Gasteiger partial charge in [0, 0.05) is 31.7 Å². The van der Waals surface area contributed by atoms with E-state index in [1.807, 2.05) is 18.3 Å². The summed E-state index contributed by atoms with van der Waals surface area (Å²) in [6.45, 7) is 7.12. The van der Waals surface area contributed by atoms with Crippen molar-refractivity contribution in [2.24, 2.45) is 11.8 Å². The second-order valence-corrected chi connectivity index (χ2v) is 6.90. The highest BCUT2D eigenvalue weighted by Gasteiger charge is 2.30. The van der Waals surface area contributed by atoms with Gasteiger partial charge in [0.1, 0.15) is 0 Å². The van der Waals surface area contributed by atoms with Crippen LogP contribution in [0.3, 0.4) is 0 Å². The molecule has 2 aliphatic rings. The molecule has 0 bridgehead atoms. The summed E-state index contributed by atoms with van der Waals surface area (Å²) in [6, 6.07) is 6.07. The van der Waals surface area contributed by atoms with Gasteiger partial charge >= 0.3 is 0 Å². The van der Waals surface area contributed by atoms with Gasteiger partial charge in [-0.2, -0.15) is 0 Å². The molecule has 0 saturated carbocycles. The maximum Gasteiger partial charge on any atom is 0.225 e. The minimum absolute atomic E-state index is 0.241. The van der Waals surface area contributed by atoms with Crippen molar-refractivity contribution in [2.45, 2.75) is 39.2 Å². The largest absolute Gasteiger partial charge is 0.342 e. The molecule has 0 radical (unpaired) electrons. The molecule has 120 valence electrons. The average molecular weight is 301 g/mol. The quantitative estimate of drug-likeness (QED) is 0.861. The fraction of sp³-hybridized carbons (Fsp3) is 0.667. The fourth-order valence-corrected chi connectivity index (χ4v) is 3.71. The number of aromatic nitrogens is 1. The Bertz CT molecular complexity index is 482. The Kier molecular flexibility index (Phi) is 5.08. The number of nitrogens with zero attached hydrogens (tertiary/aromatic N) is 3. The number of likely N-dealkylation sites (tertiary alicyclic amines) is 2. The summed E-state index contributed by atoms with van der Waals surface area (Å²) in [5.74, 6) is 1.32. The van der Waals surface area contributed by atoms with Gasteiger partial charge in [0.15, 0.2) is 0 Å². The standard InChI is InChI=1S/C18H27N3O/c1-15-5-4-10-21(13-15)18(22)16-7-11-20(12-8-16)14-17-6-2-3-9-19-17/h2-3,6,9,15-16H,4-5,7-8,10-14H2,1H3/t15-/m0/s1. The summed E-state index contributed by atoms with van der Waals surface area (Å²) in [5, 5.41) is 0. The van der Waals surface area contributed by atoms with Crippen molar-refractivity contribution in [1.29, 1.82) is 0 Å². The Balaban J connectivity index is 1.48. The van der Waals surface area contributed by atoms with Crippen LogP contribution in [0.5, 0.6) is 0 Å². The maximum absolute atomic E-state index is 12.7. The van der Waals surface area contributed by atoms with Gasteiger partial charge in [-0.25, -0.2) is 0 Å². The van der Waals surface area contributed by atoms with E-state index in [1.54, 1.807) is 0 Å². The number of hydrogen-bond acceptors (Lipinski definition) is 3. The fourth-order valence-electron chi connectivity index (χ4n) is 3.71. The normalized spacial score (nSPS) is 24.4. The highest BCUT2D eigenvalue weighted by Crippen LogP contribution is 2.24. The molecule has 2 saturated heterocycles. The van der Waals surface area contributed by atoms with Crippen molar-refractivity contribution in [3.63, 3.8) is 0 Å². The summed E-state index contributed by atoms with van der Waals surface area (Å²) in [4.78, 5) is 21.6. The van der Waals surface area contributed by atoms with Crippen LogP contribution in [0.1, 0.15) is 38.3 Å². The first-order chi connectivity index (χ1) is 10.7. The number of carbonyl (C=O) groups excluding carboxylic acids is 1. The van der Waals surface area contributed by atoms with E-state index in [0.717, 1.165) is 51.3 Å². The summed E-state index contributed by atoms with van der Waals surface area (Å²) < 4.78 is 0. The third-order valence-corrected chi connectivity index (χ3v) is 5.02. The van der Waals surface area contributed by atoms with Crippen molar-refractivity contribution in [1.82, 2.24) is 14.8 Å². The first kappa shape index (κ1) is 15.5. The molecule has 4 nitrogen and oxygen atoms in total. The third-order valence-electron chi connectivity index (χ3n) is 5.02. The zero-order valence-corrected chi connectivity index (χ0v) is 13.6. The smallest absolute Gasteiger partial charge is 0.225 e. The Hall–Kier alpha value is -1.42. The number of pyridine rings is 1. The van der Waals surface area contributed by atoms with Crippen molar-refractivity contribution in [3.05, 3.63) is 30.1 Å². The van der Waals surface area contributed by atoms with Crippen molar-refractivity contribution < 1.29 is 4.79 Å². The van der Waals surface area contributed by atoms with Crippen LogP contribution in [0.2, 0.25) is 0 Å². The second-order valence-electron chi connectivity index (χ2n) is 6.90. The van der Waals surface area contributed by atoms with Crippen LogP contribution in [0.4, 0.5) is 0 Å². The van der Waals surface area contributed by atoms with Crippen molar-refractivity contribution in [3.8, 4) is 0 Å². The molecule has 1 atom stereocenters. The van der Waals surface area contributed by atoms with Gasteiger partial charge in [-0.15, -0.1) is 0 Å². The lowest BCUT2D eigenvalue weighted by Gasteiger charge is -2.37. The number of hydrogen-bond donors (Lipinski definition) is 0. The van der Waals surface area contributed by atoms with Crippen LogP contribution in [-0.4, -0.2) is 46.9 Å². The van der Waals surface area contributed by atoms with E-state index in [-0.39, 0.29) is 5.92 Å². The molecule has 0 aromatic carbocycles. The summed E-state index contributed by atoms with van der Waals surface area (Å²) in [5.41, 5.74) is 1.12. The molecule has 3 rings (SSSR count). The van der Waals surface area contributed by atoms with E-state index >= 15 is 0 Å². The lowest BCUT2D eigenvalue weighted by Crippen LogP contribution is -2.45. The van der Waals surface area contributed by atoms with Gasteiger partial charge in [0.2, 0.25) is 5.91 Å². The molecule has 1 aromatic rings. The molecule has 0 unspecified atom stereocenters. The van der Waals surface area contributed by atoms with E-state index in [2.05, 4.69) is 27.8 Å². The second kappa shape index (κ2) is 7.23. The first-order valence-electron chi connectivity index (χ1n) is 8.63. The van der Waals surface area contributed by atoms with Gasteiger partial charge in [0.25, 0.3) is 0 Å². The third kappa shape index (κ3) is 3.86. The van der Waals surface area contributed by atoms with Gasteiger partial charge in [-0.05, 0) is 56.8 Å². The summed E-state index contributed by atoms with van der Waals surface area (Å²) in [6.07, 6.45) is 6.29. The molecule has 0 aliphatic carbocycles.